The molecule has 0 aliphatic carbocycles. The summed E-state index contributed by atoms with van der Waals surface area (Å²) in [5.41, 5.74) is 2.81. The third-order valence-electron chi connectivity index (χ3n) is 3.61. The summed E-state index contributed by atoms with van der Waals surface area (Å²) in [4.78, 5) is 20.2. The number of carbonyl (C=O) groups excluding carboxylic acids is 1. The Balaban J connectivity index is 1.59. The fourth-order valence-electron chi connectivity index (χ4n) is 2.29. The highest BCUT2D eigenvalue weighted by Gasteiger charge is 2.01. The summed E-state index contributed by atoms with van der Waals surface area (Å²) in [5, 5.41) is 2.84. The Morgan fingerprint density at radius 3 is 2.71 bits per heavy atom. The van der Waals surface area contributed by atoms with E-state index in [1.165, 1.54) is 6.08 Å². The van der Waals surface area contributed by atoms with Gasteiger partial charge in [0.1, 0.15) is 5.82 Å². The number of rotatable bonds is 5. The molecule has 0 radical (unpaired) electrons. The summed E-state index contributed by atoms with van der Waals surface area (Å²) in [6.07, 6.45) is 10.4. The Morgan fingerprint density at radius 2 is 2.04 bits per heavy atom. The van der Waals surface area contributed by atoms with Gasteiger partial charge in [0, 0.05) is 43.1 Å². The van der Waals surface area contributed by atoms with Gasteiger partial charge < -0.3 is 9.88 Å². The number of nitrogens with one attached hydrogen (secondary N) is 1. The number of aromatic nitrogens is 3. The lowest BCUT2D eigenvalue weighted by molar-refractivity contribution is -0.111. The van der Waals surface area contributed by atoms with Crippen LogP contribution in [0.5, 0.6) is 0 Å². The molecule has 1 amide bonds. The SMILES string of the molecule is Cc1nccn1Cc1ccc(NC(=O)/C=C\c2cccnc2)cc1. The van der Waals surface area contributed by atoms with Crippen molar-refractivity contribution in [3.63, 3.8) is 0 Å². The summed E-state index contributed by atoms with van der Waals surface area (Å²) in [5.74, 6) is 0.810. The highest BCUT2D eigenvalue weighted by molar-refractivity contribution is 6.01. The molecular weight excluding hydrogens is 300 g/mol. The molecule has 0 atom stereocenters. The van der Waals surface area contributed by atoms with Gasteiger partial charge in [-0.15, -0.1) is 0 Å². The van der Waals surface area contributed by atoms with Gasteiger partial charge in [-0.3, -0.25) is 9.78 Å². The fourth-order valence-corrected chi connectivity index (χ4v) is 2.29. The van der Waals surface area contributed by atoms with E-state index in [1.54, 1.807) is 24.7 Å². The summed E-state index contributed by atoms with van der Waals surface area (Å²) < 4.78 is 2.07. The predicted octanol–water partition coefficient (Wildman–Crippen LogP) is 3.29. The highest BCUT2D eigenvalue weighted by Crippen LogP contribution is 2.12. The second kappa shape index (κ2) is 7.37. The number of carbonyl (C=O) groups is 1. The molecule has 0 unspecified atom stereocenters. The average Bonchev–Trinajstić information content (AvgIpc) is 3.01. The first-order chi connectivity index (χ1) is 11.7. The number of amides is 1. The van der Waals surface area contributed by atoms with Gasteiger partial charge in [-0.05, 0) is 42.3 Å². The number of hydrogen-bond donors (Lipinski definition) is 1. The van der Waals surface area contributed by atoms with Gasteiger partial charge in [-0.2, -0.15) is 0 Å². The molecular formula is C19H18N4O. The van der Waals surface area contributed by atoms with Crippen molar-refractivity contribution in [3.8, 4) is 0 Å². The minimum Gasteiger partial charge on any atom is -0.331 e. The summed E-state index contributed by atoms with van der Waals surface area (Å²) in [6.45, 7) is 2.74. The molecule has 2 heterocycles. The van der Waals surface area contributed by atoms with Gasteiger partial charge in [0.05, 0.1) is 0 Å². The van der Waals surface area contributed by atoms with Crippen LogP contribution in [0, 0.1) is 6.92 Å². The number of imidazole rings is 1. The lowest BCUT2D eigenvalue weighted by Crippen LogP contribution is -2.08. The fraction of sp³-hybridized carbons (Fsp3) is 0.105. The van der Waals surface area contributed by atoms with E-state index >= 15 is 0 Å². The lowest BCUT2D eigenvalue weighted by atomic mass is 10.2. The van der Waals surface area contributed by atoms with E-state index in [0.29, 0.717) is 0 Å². The first kappa shape index (κ1) is 15.7. The number of hydrogen-bond acceptors (Lipinski definition) is 3. The van der Waals surface area contributed by atoms with Crippen molar-refractivity contribution < 1.29 is 4.79 Å². The van der Waals surface area contributed by atoms with Crippen molar-refractivity contribution >= 4 is 17.7 Å². The minimum atomic E-state index is -0.169. The minimum absolute atomic E-state index is 0.169. The molecule has 0 aliphatic rings. The van der Waals surface area contributed by atoms with Crippen LogP contribution < -0.4 is 5.32 Å². The molecule has 0 bridgehead atoms. The topological polar surface area (TPSA) is 59.8 Å². The zero-order valence-corrected chi connectivity index (χ0v) is 13.4. The predicted molar refractivity (Wildman–Crippen MR) is 94.4 cm³/mol. The van der Waals surface area contributed by atoms with Crippen molar-refractivity contribution in [1.82, 2.24) is 14.5 Å². The van der Waals surface area contributed by atoms with E-state index in [1.807, 2.05) is 49.5 Å². The first-order valence-electron chi connectivity index (χ1n) is 7.66. The van der Waals surface area contributed by atoms with Gasteiger partial charge in [-0.1, -0.05) is 18.2 Å². The number of anilines is 1. The van der Waals surface area contributed by atoms with E-state index in [2.05, 4.69) is 19.9 Å². The van der Waals surface area contributed by atoms with Crippen LogP contribution in [0.4, 0.5) is 5.69 Å². The Bertz CT molecular complexity index is 835. The molecule has 1 aromatic carbocycles. The zero-order valence-electron chi connectivity index (χ0n) is 13.4. The van der Waals surface area contributed by atoms with Gasteiger partial charge in [0.2, 0.25) is 5.91 Å². The number of pyridine rings is 1. The molecule has 3 aromatic rings. The Morgan fingerprint density at radius 1 is 1.21 bits per heavy atom. The van der Waals surface area contributed by atoms with Crippen molar-refractivity contribution in [2.24, 2.45) is 0 Å². The van der Waals surface area contributed by atoms with Crippen LogP contribution >= 0.6 is 0 Å². The molecule has 24 heavy (non-hydrogen) atoms. The van der Waals surface area contributed by atoms with E-state index in [4.69, 9.17) is 0 Å². The van der Waals surface area contributed by atoms with Gasteiger partial charge in [0.25, 0.3) is 0 Å². The standard InChI is InChI=1S/C19H18N4O/c1-15-21-11-12-23(15)14-17-4-7-18(8-5-17)22-19(24)9-6-16-3-2-10-20-13-16/h2-13H,14H2,1H3,(H,22,24)/b9-6-. The molecule has 0 aliphatic heterocycles. The van der Waals surface area contributed by atoms with Crippen LogP contribution in [0.1, 0.15) is 17.0 Å². The van der Waals surface area contributed by atoms with Crippen LogP contribution in [0.15, 0.2) is 67.3 Å². The van der Waals surface area contributed by atoms with Gasteiger partial charge in [-0.25, -0.2) is 4.98 Å². The summed E-state index contributed by atoms with van der Waals surface area (Å²) >= 11 is 0. The number of benzene rings is 1. The Kier molecular flexibility index (Phi) is 4.81. The Hall–Kier alpha value is -3.21. The molecule has 5 nitrogen and oxygen atoms in total. The third kappa shape index (κ3) is 4.16. The van der Waals surface area contributed by atoms with Crippen LogP contribution in [0.25, 0.3) is 6.08 Å². The number of nitrogens with zero attached hydrogens (tertiary/aromatic N) is 3. The molecule has 5 heteroatoms. The van der Waals surface area contributed by atoms with Crippen LogP contribution in [-0.4, -0.2) is 20.4 Å². The maximum atomic E-state index is 11.9. The second-order valence-corrected chi connectivity index (χ2v) is 5.41. The van der Waals surface area contributed by atoms with Crippen molar-refractivity contribution in [2.75, 3.05) is 5.32 Å². The normalized spacial score (nSPS) is 10.9. The van der Waals surface area contributed by atoms with Crippen LogP contribution in [0.3, 0.4) is 0 Å². The maximum absolute atomic E-state index is 11.9. The largest absolute Gasteiger partial charge is 0.331 e. The molecule has 0 fully saturated rings. The molecule has 2 aromatic heterocycles. The maximum Gasteiger partial charge on any atom is 0.248 e. The molecule has 3 rings (SSSR count). The molecule has 0 spiro atoms. The summed E-state index contributed by atoms with van der Waals surface area (Å²) in [7, 11) is 0. The van der Waals surface area contributed by atoms with Crippen LogP contribution in [-0.2, 0) is 11.3 Å². The van der Waals surface area contributed by atoms with E-state index in [-0.39, 0.29) is 5.91 Å². The monoisotopic (exact) mass is 318 g/mol. The average molecular weight is 318 g/mol. The Labute approximate surface area is 140 Å². The van der Waals surface area contributed by atoms with Crippen LogP contribution in [0.2, 0.25) is 0 Å². The first-order valence-corrected chi connectivity index (χ1v) is 7.66. The van der Waals surface area contributed by atoms with Gasteiger partial charge >= 0.3 is 0 Å². The zero-order chi connectivity index (χ0) is 16.8. The second-order valence-electron chi connectivity index (χ2n) is 5.41. The van der Waals surface area contributed by atoms with E-state index < -0.39 is 0 Å². The van der Waals surface area contributed by atoms with Gasteiger partial charge in [0.15, 0.2) is 0 Å². The quantitative estimate of drug-likeness (QED) is 0.734. The van der Waals surface area contributed by atoms with Crippen molar-refractivity contribution in [1.29, 1.82) is 0 Å². The molecule has 0 saturated carbocycles. The molecule has 1 N–H and O–H groups in total. The van der Waals surface area contributed by atoms with Crippen molar-refractivity contribution in [3.05, 3.63) is 84.2 Å². The van der Waals surface area contributed by atoms with Crippen molar-refractivity contribution in [2.45, 2.75) is 13.5 Å². The molecule has 120 valence electrons. The van der Waals surface area contributed by atoms with E-state index in [9.17, 15) is 4.79 Å². The highest BCUT2D eigenvalue weighted by atomic mass is 16.1. The number of aryl methyl sites for hydroxylation is 1. The summed E-state index contributed by atoms with van der Waals surface area (Å²) in [6, 6.07) is 11.5. The third-order valence-corrected chi connectivity index (χ3v) is 3.61. The lowest BCUT2D eigenvalue weighted by Gasteiger charge is -2.07. The van der Waals surface area contributed by atoms with E-state index in [0.717, 1.165) is 29.2 Å². The smallest absolute Gasteiger partial charge is 0.248 e. The molecule has 0 saturated heterocycles.